The van der Waals surface area contributed by atoms with Crippen LogP contribution in [0.5, 0.6) is 0 Å². The maximum atomic E-state index is 11.8. The van der Waals surface area contributed by atoms with Crippen molar-refractivity contribution in [2.45, 2.75) is 18.9 Å². The molecule has 1 atom stereocenters. The third-order valence-corrected chi connectivity index (χ3v) is 3.52. The minimum Gasteiger partial charge on any atom is -0.378 e. The number of likely N-dealkylation sites (tertiary alicyclic amines) is 1. The highest BCUT2D eigenvalue weighted by Crippen LogP contribution is 2.33. The number of carbonyl (C=O) groups is 1. The van der Waals surface area contributed by atoms with Gasteiger partial charge >= 0.3 is 0 Å². The quantitative estimate of drug-likeness (QED) is 0.877. The van der Waals surface area contributed by atoms with Crippen LogP contribution in [0.3, 0.4) is 0 Å². The number of hydrogen-bond acceptors (Lipinski definition) is 3. The summed E-state index contributed by atoms with van der Waals surface area (Å²) in [6.45, 7) is 0.927. The number of carbonyl (C=O) groups excluding carboxylic acids is 1. The van der Waals surface area contributed by atoms with Gasteiger partial charge < -0.3 is 15.5 Å². The van der Waals surface area contributed by atoms with Gasteiger partial charge in [-0.25, -0.2) is 0 Å². The number of hydrogen-bond donors (Lipinski definition) is 1. The molecule has 0 saturated carbocycles. The first-order chi connectivity index (χ1) is 8.63. The van der Waals surface area contributed by atoms with Crippen molar-refractivity contribution in [3.05, 3.63) is 29.8 Å². The Hall–Kier alpha value is -1.55. The van der Waals surface area contributed by atoms with Gasteiger partial charge in [0.1, 0.15) is 0 Å². The van der Waals surface area contributed by atoms with E-state index in [1.54, 1.807) is 0 Å². The van der Waals surface area contributed by atoms with E-state index in [1.165, 1.54) is 11.3 Å². The zero-order valence-electron chi connectivity index (χ0n) is 11.1. The Morgan fingerprint density at radius 2 is 2.28 bits per heavy atom. The first kappa shape index (κ1) is 12.9. The van der Waals surface area contributed by atoms with Crippen molar-refractivity contribution in [2.24, 2.45) is 5.73 Å². The summed E-state index contributed by atoms with van der Waals surface area (Å²) in [6.07, 6.45) is 2.09. The summed E-state index contributed by atoms with van der Waals surface area (Å²) < 4.78 is 0. The van der Waals surface area contributed by atoms with Crippen molar-refractivity contribution in [1.29, 1.82) is 0 Å². The zero-order chi connectivity index (χ0) is 13.1. The molecule has 1 fully saturated rings. The highest BCUT2D eigenvalue weighted by Gasteiger charge is 2.29. The third-order valence-electron chi connectivity index (χ3n) is 3.52. The van der Waals surface area contributed by atoms with Crippen molar-refractivity contribution in [3.8, 4) is 0 Å². The SMILES string of the molecule is CN(C)c1cccc(C2CCCN2C(=O)CN)c1. The fraction of sp³-hybridized carbons (Fsp3) is 0.500. The van der Waals surface area contributed by atoms with Crippen LogP contribution in [0.4, 0.5) is 5.69 Å². The van der Waals surface area contributed by atoms with E-state index in [2.05, 4.69) is 23.1 Å². The summed E-state index contributed by atoms with van der Waals surface area (Å²) in [5.74, 6) is 0.0488. The minimum absolute atomic E-state index is 0.0488. The molecule has 4 nitrogen and oxygen atoms in total. The predicted molar refractivity (Wildman–Crippen MR) is 73.5 cm³/mol. The molecule has 0 spiro atoms. The molecule has 1 saturated heterocycles. The molecule has 0 radical (unpaired) electrons. The van der Waals surface area contributed by atoms with Gasteiger partial charge in [-0.05, 0) is 30.5 Å². The molecule has 4 heteroatoms. The second kappa shape index (κ2) is 5.40. The Morgan fingerprint density at radius 3 is 2.94 bits per heavy atom. The van der Waals surface area contributed by atoms with E-state index < -0.39 is 0 Å². The van der Waals surface area contributed by atoms with E-state index in [0.717, 1.165) is 19.4 Å². The van der Waals surface area contributed by atoms with Gasteiger partial charge in [0, 0.05) is 26.3 Å². The summed E-state index contributed by atoms with van der Waals surface area (Å²) in [5.41, 5.74) is 7.85. The molecule has 0 bridgehead atoms. The molecule has 2 rings (SSSR count). The Kier molecular flexibility index (Phi) is 3.87. The molecule has 1 heterocycles. The first-order valence-electron chi connectivity index (χ1n) is 6.40. The van der Waals surface area contributed by atoms with E-state index in [4.69, 9.17) is 5.73 Å². The molecule has 0 aliphatic carbocycles. The fourth-order valence-corrected chi connectivity index (χ4v) is 2.54. The predicted octanol–water partition coefficient (Wildman–Crippen LogP) is 1.37. The summed E-state index contributed by atoms with van der Waals surface area (Å²) in [4.78, 5) is 15.8. The number of rotatable bonds is 3. The van der Waals surface area contributed by atoms with Crippen LogP contribution in [0.2, 0.25) is 0 Å². The van der Waals surface area contributed by atoms with Gasteiger partial charge in [-0.15, -0.1) is 0 Å². The molecule has 0 aromatic heterocycles. The van der Waals surface area contributed by atoms with E-state index in [0.29, 0.717) is 0 Å². The lowest BCUT2D eigenvalue weighted by atomic mass is 10.0. The molecule has 98 valence electrons. The second-order valence-electron chi connectivity index (χ2n) is 4.94. The lowest BCUT2D eigenvalue weighted by Gasteiger charge is -2.25. The standard InChI is InChI=1S/C14H21N3O/c1-16(2)12-6-3-5-11(9-12)13-7-4-8-17(13)14(18)10-15/h3,5-6,9,13H,4,7-8,10,15H2,1-2H3. The molecule has 1 amide bonds. The van der Waals surface area contributed by atoms with Gasteiger partial charge in [-0.1, -0.05) is 12.1 Å². The average molecular weight is 247 g/mol. The van der Waals surface area contributed by atoms with Crippen molar-refractivity contribution >= 4 is 11.6 Å². The second-order valence-corrected chi connectivity index (χ2v) is 4.94. The minimum atomic E-state index is 0.0488. The average Bonchev–Trinajstić information content (AvgIpc) is 2.87. The molecule has 1 aromatic rings. The largest absolute Gasteiger partial charge is 0.378 e. The molecule has 1 aromatic carbocycles. The first-order valence-corrected chi connectivity index (χ1v) is 6.40. The van der Waals surface area contributed by atoms with Crippen LogP contribution in [-0.4, -0.2) is 38.0 Å². The highest BCUT2D eigenvalue weighted by molar-refractivity contribution is 5.78. The summed E-state index contributed by atoms with van der Waals surface area (Å²) >= 11 is 0. The van der Waals surface area contributed by atoms with Crippen molar-refractivity contribution in [2.75, 3.05) is 32.1 Å². The summed E-state index contributed by atoms with van der Waals surface area (Å²) in [5, 5.41) is 0. The van der Waals surface area contributed by atoms with E-state index in [9.17, 15) is 4.79 Å². The van der Waals surface area contributed by atoms with E-state index >= 15 is 0 Å². The molecular weight excluding hydrogens is 226 g/mol. The molecule has 1 aliphatic rings. The summed E-state index contributed by atoms with van der Waals surface area (Å²) in [6, 6.07) is 8.58. The lowest BCUT2D eigenvalue weighted by Crippen LogP contribution is -2.35. The Labute approximate surface area is 108 Å². The summed E-state index contributed by atoms with van der Waals surface area (Å²) in [7, 11) is 4.05. The number of benzene rings is 1. The van der Waals surface area contributed by atoms with E-state index in [1.807, 2.05) is 25.1 Å². The molecular formula is C14H21N3O. The monoisotopic (exact) mass is 247 g/mol. The van der Waals surface area contributed by atoms with Gasteiger partial charge in [0.2, 0.25) is 5.91 Å². The fourth-order valence-electron chi connectivity index (χ4n) is 2.54. The van der Waals surface area contributed by atoms with Gasteiger partial charge in [-0.3, -0.25) is 4.79 Å². The number of nitrogens with zero attached hydrogens (tertiary/aromatic N) is 2. The van der Waals surface area contributed by atoms with Crippen LogP contribution in [-0.2, 0) is 4.79 Å². The van der Waals surface area contributed by atoms with Gasteiger partial charge in [-0.2, -0.15) is 0 Å². The van der Waals surface area contributed by atoms with Crippen LogP contribution in [0.15, 0.2) is 24.3 Å². The van der Waals surface area contributed by atoms with Crippen LogP contribution >= 0.6 is 0 Å². The number of amides is 1. The number of nitrogens with two attached hydrogens (primary N) is 1. The zero-order valence-corrected chi connectivity index (χ0v) is 11.1. The molecule has 1 aliphatic heterocycles. The van der Waals surface area contributed by atoms with Crippen LogP contribution in [0, 0.1) is 0 Å². The van der Waals surface area contributed by atoms with Crippen molar-refractivity contribution in [3.63, 3.8) is 0 Å². The Bertz CT molecular complexity index is 431. The smallest absolute Gasteiger partial charge is 0.236 e. The Morgan fingerprint density at radius 1 is 1.50 bits per heavy atom. The maximum absolute atomic E-state index is 11.8. The highest BCUT2D eigenvalue weighted by atomic mass is 16.2. The van der Waals surface area contributed by atoms with Gasteiger partial charge in [0.25, 0.3) is 0 Å². The van der Waals surface area contributed by atoms with Crippen LogP contribution in [0.1, 0.15) is 24.4 Å². The topological polar surface area (TPSA) is 49.6 Å². The van der Waals surface area contributed by atoms with Gasteiger partial charge in [0.05, 0.1) is 12.6 Å². The number of anilines is 1. The van der Waals surface area contributed by atoms with E-state index in [-0.39, 0.29) is 18.5 Å². The maximum Gasteiger partial charge on any atom is 0.236 e. The van der Waals surface area contributed by atoms with Crippen molar-refractivity contribution < 1.29 is 4.79 Å². The molecule has 2 N–H and O–H groups in total. The Balaban J connectivity index is 2.24. The van der Waals surface area contributed by atoms with Crippen LogP contribution in [0.25, 0.3) is 0 Å². The lowest BCUT2D eigenvalue weighted by molar-refractivity contribution is -0.130. The normalized spacial score (nSPS) is 19.1. The van der Waals surface area contributed by atoms with Crippen LogP contribution < -0.4 is 10.6 Å². The third kappa shape index (κ3) is 2.48. The van der Waals surface area contributed by atoms with Crippen molar-refractivity contribution in [1.82, 2.24) is 4.90 Å². The van der Waals surface area contributed by atoms with Gasteiger partial charge in [0.15, 0.2) is 0 Å². The molecule has 18 heavy (non-hydrogen) atoms. The molecule has 1 unspecified atom stereocenters.